The Morgan fingerprint density at radius 3 is 2.14 bits per heavy atom. The van der Waals surface area contributed by atoms with Crippen molar-refractivity contribution < 1.29 is 19.6 Å². The maximum atomic E-state index is 12.3. The largest absolute Gasteiger partial charge is 0.339 e. The Balaban J connectivity index is 1.46. The summed E-state index contributed by atoms with van der Waals surface area (Å²) in [7, 11) is 0. The van der Waals surface area contributed by atoms with Gasteiger partial charge < -0.3 is 21.7 Å². The normalized spacial score (nSPS) is 11.0. The molecule has 0 unspecified atom stereocenters. The van der Waals surface area contributed by atoms with Crippen molar-refractivity contribution in [2.24, 2.45) is 5.73 Å². The van der Waals surface area contributed by atoms with Gasteiger partial charge >= 0.3 is 0 Å². The molecule has 7 N–H and O–H groups in total. The second-order valence-electron chi connectivity index (χ2n) is 7.97. The smallest absolute Gasteiger partial charge is 0.267 e. The van der Waals surface area contributed by atoms with Gasteiger partial charge in [-0.1, -0.05) is 11.8 Å². The van der Waals surface area contributed by atoms with Gasteiger partial charge in [-0.3, -0.25) is 24.6 Å². The predicted octanol–water partition coefficient (Wildman–Crippen LogP) is 0.815. The van der Waals surface area contributed by atoms with Crippen LogP contribution in [-0.2, 0) is 16.0 Å². The van der Waals surface area contributed by atoms with Crippen molar-refractivity contribution in [2.45, 2.75) is 12.5 Å². The lowest BCUT2D eigenvalue weighted by Gasteiger charge is -2.14. The summed E-state index contributed by atoms with van der Waals surface area (Å²) in [6, 6.07) is 16.5. The van der Waals surface area contributed by atoms with E-state index in [-0.39, 0.29) is 19.0 Å². The maximum Gasteiger partial charge on any atom is 0.267 e. The molecule has 0 spiro atoms. The van der Waals surface area contributed by atoms with E-state index >= 15 is 0 Å². The molecule has 2 aromatic carbocycles. The number of amides is 3. The van der Waals surface area contributed by atoms with Gasteiger partial charge in [-0.2, -0.15) is 0 Å². The van der Waals surface area contributed by atoms with Crippen molar-refractivity contribution >= 4 is 23.4 Å². The van der Waals surface area contributed by atoms with E-state index in [1.54, 1.807) is 60.9 Å². The predicted molar refractivity (Wildman–Crippen MR) is 139 cm³/mol. The molecule has 37 heavy (non-hydrogen) atoms. The molecule has 190 valence electrons. The lowest BCUT2D eigenvalue weighted by atomic mass is 10.1. The van der Waals surface area contributed by atoms with Crippen molar-refractivity contribution in [3.63, 3.8) is 0 Å². The van der Waals surface area contributed by atoms with Gasteiger partial charge in [-0.05, 0) is 79.2 Å². The standard InChI is InChI=1S/C27H28N6O4/c28-17-24(27(36)33-37)32-26(35)22-7-3-19(4-8-22)1-2-20-5-9-23(10-6-20)31-25(34)18-30-16-13-21-11-14-29-15-12-21/h3-12,14-15,24,30,37H,13,16-18,28H2,(H,31,34)(H,32,35)(H,33,36)/t24-/m0/s1. The summed E-state index contributed by atoms with van der Waals surface area (Å²) in [5.74, 6) is 4.62. The Morgan fingerprint density at radius 1 is 0.919 bits per heavy atom. The number of hydrogen-bond donors (Lipinski definition) is 6. The molecule has 0 aliphatic heterocycles. The summed E-state index contributed by atoms with van der Waals surface area (Å²) in [5.41, 5.74) is 10.5. The molecule has 3 rings (SSSR count). The number of rotatable bonds is 10. The third kappa shape index (κ3) is 8.87. The van der Waals surface area contributed by atoms with Crippen molar-refractivity contribution in [3.8, 4) is 11.8 Å². The second-order valence-corrected chi connectivity index (χ2v) is 7.97. The van der Waals surface area contributed by atoms with Gasteiger partial charge in [0.2, 0.25) is 5.91 Å². The molecule has 0 saturated heterocycles. The van der Waals surface area contributed by atoms with E-state index in [0.717, 1.165) is 17.5 Å². The van der Waals surface area contributed by atoms with Crippen molar-refractivity contribution in [2.75, 3.05) is 25.0 Å². The molecule has 1 aromatic heterocycles. The number of pyridine rings is 1. The number of aromatic nitrogens is 1. The van der Waals surface area contributed by atoms with Crippen LogP contribution < -0.4 is 27.2 Å². The highest BCUT2D eigenvalue weighted by Crippen LogP contribution is 2.09. The third-order valence-corrected chi connectivity index (χ3v) is 5.26. The Morgan fingerprint density at radius 2 is 1.54 bits per heavy atom. The Kier molecular flexibility index (Phi) is 10.3. The van der Waals surface area contributed by atoms with E-state index in [1.165, 1.54) is 5.48 Å². The first-order valence-electron chi connectivity index (χ1n) is 11.5. The number of nitrogens with zero attached hydrogens (tertiary/aromatic N) is 1. The molecule has 0 aliphatic carbocycles. The number of carbonyl (C=O) groups is 3. The molecule has 0 bridgehead atoms. The fraction of sp³-hybridized carbons (Fsp3) is 0.185. The summed E-state index contributed by atoms with van der Waals surface area (Å²) >= 11 is 0. The Labute approximate surface area is 214 Å². The van der Waals surface area contributed by atoms with Gasteiger partial charge in [0.05, 0.1) is 6.54 Å². The number of anilines is 1. The Hall–Kier alpha value is -4.56. The molecule has 0 saturated carbocycles. The molecule has 0 fully saturated rings. The summed E-state index contributed by atoms with van der Waals surface area (Å²) in [5, 5.41) is 17.1. The molecular weight excluding hydrogens is 472 g/mol. The molecule has 1 atom stereocenters. The zero-order chi connectivity index (χ0) is 26.5. The van der Waals surface area contributed by atoms with E-state index in [0.29, 0.717) is 23.4 Å². The van der Waals surface area contributed by atoms with E-state index < -0.39 is 17.9 Å². The summed E-state index contributed by atoms with van der Waals surface area (Å²) in [4.78, 5) is 39.8. The van der Waals surface area contributed by atoms with E-state index in [9.17, 15) is 14.4 Å². The summed E-state index contributed by atoms with van der Waals surface area (Å²) in [6.07, 6.45) is 4.31. The lowest BCUT2D eigenvalue weighted by molar-refractivity contribution is -0.130. The minimum atomic E-state index is -1.04. The SMILES string of the molecule is NC[C@H](NC(=O)c1ccc(C#Cc2ccc(NC(=O)CNCCc3ccncc3)cc2)cc1)C(=O)NO. The van der Waals surface area contributed by atoms with Crippen LogP contribution in [0.25, 0.3) is 0 Å². The van der Waals surface area contributed by atoms with Crippen LogP contribution in [-0.4, -0.2) is 53.6 Å². The first-order valence-corrected chi connectivity index (χ1v) is 11.5. The average molecular weight is 501 g/mol. The van der Waals surface area contributed by atoms with E-state index in [2.05, 4.69) is 32.8 Å². The van der Waals surface area contributed by atoms with Crippen LogP contribution in [0.2, 0.25) is 0 Å². The first kappa shape index (κ1) is 27.0. The number of hydroxylamine groups is 1. The molecule has 0 aliphatic rings. The van der Waals surface area contributed by atoms with Crippen LogP contribution in [0.15, 0.2) is 73.1 Å². The van der Waals surface area contributed by atoms with Gasteiger partial charge in [-0.15, -0.1) is 0 Å². The van der Waals surface area contributed by atoms with Crippen LogP contribution in [0.4, 0.5) is 5.69 Å². The third-order valence-electron chi connectivity index (χ3n) is 5.26. The van der Waals surface area contributed by atoms with Crippen LogP contribution in [0.3, 0.4) is 0 Å². The fourth-order valence-electron chi connectivity index (χ4n) is 3.23. The maximum absolute atomic E-state index is 12.3. The minimum absolute atomic E-state index is 0.132. The van der Waals surface area contributed by atoms with E-state index in [1.807, 2.05) is 12.1 Å². The van der Waals surface area contributed by atoms with Crippen LogP contribution in [0.5, 0.6) is 0 Å². The number of nitrogens with two attached hydrogens (primary N) is 1. The van der Waals surface area contributed by atoms with Crippen LogP contribution in [0, 0.1) is 11.8 Å². The second kappa shape index (κ2) is 14.1. The molecule has 1 heterocycles. The van der Waals surface area contributed by atoms with Gasteiger partial charge in [0.1, 0.15) is 6.04 Å². The van der Waals surface area contributed by atoms with Crippen molar-refractivity contribution in [1.29, 1.82) is 0 Å². The van der Waals surface area contributed by atoms with Crippen LogP contribution in [0.1, 0.15) is 27.0 Å². The first-order chi connectivity index (χ1) is 18.0. The molecule has 0 radical (unpaired) electrons. The molecule has 3 aromatic rings. The fourth-order valence-corrected chi connectivity index (χ4v) is 3.23. The van der Waals surface area contributed by atoms with Crippen LogP contribution >= 0.6 is 0 Å². The number of benzene rings is 2. The highest BCUT2D eigenvalue weighted by molar-refractivity contribution is 5.97. The van der Waals surface area contributed by atoms with E-state index in [4.69, 9.17) is 10.9 Å². The summed E-state index contributed by atoms with van der Waals surface area (Å²) < 4.78 is 0. The zero-order valence-electron chi connectivity index (χ0n) is 20.0. The van der Waals surface area contributed by atoms with Gasteiger partial charge in [0.25, 0.3) is 11.8 Å². The van der Waals surface area contributed by atoms with Gasteiger partial charge in [0, 0.05) is 41.3 Å². The van der Waals surface area contributed by atoms with Crippen molar-refractivity contribution in [3.05, 3.63) is 95.3 Å². The number of hydrogen-bond acceptors (Lipinski definition) is 7. The number of nitrogens with one attached hydrogen (secondary N) is 4. The Bertz CT molecular complexity index is 1250. The summed E-state index contributed by atoms with van der Waals surface area (Å²) in [6.45, 7) is 0.739. The minimum Gasteiger partial charge on any atom is -0.339 e. The van der Waals surface area contributed by atoms with Crippen molar-refractivity contribution in [1.82, 2.24) is 21.1 Å². The van der Waals surface area contributed by atoms with Gasteiger partial charge in [-0.25, -0.2) is 5.48 Å². The monoisotopic (exact) mass is 500 g/mol. The topological polar surface area (TPSA) is 158 Å². The number of carbonyl (C=O) groups excluding carboxylic acids is 3. The lowest BCUT2D eigenvalue weighted by Crippen LogP contribution is -2.50. The van der Waals surface area contributed by atoms with Gasteiger partial charge in [0.15, 0.2) is 0 Å². The quantitative estimate of drug-likeness (QED) is 0.104. The molecule has 3 amide bonds. The molecule has 10 nitrogen and oxygen atoms in total. The zero-order valence-corrected chi connectivity index (χ0v) is 20.0. The molecule has 10 heteroatoms. The molecular formula is C27H28N6O4. The highest BCUT2D eigenvalue weighted by atomic mass is 16.5. The average Bonchev–Trinajstić information content (AvgIpc) is 2.94. The highest BCUT2D eigenvalue weighted by Gasteiger charge is 2.19.